The predicted molar refractivity (Wildman–Crippen MR) is 132 cm³/mol. The minimum Gasteiger partial charge on any atom is -0.508 e. The molecule has 1 aliphatic heterocycles. The summed E-state index contributed by atoms with van der Waals surface area (Å²) in [6, 6.07) is 5.26. The Kier molecular flexibility index (Phi) is 8.45. The second-order valence-electron chi connectivity index (χ2n) is 9.84. The monoisotopic (exact) mass is 570 g/mol. The van der Waals surface area contributed by atoms with E-state index in [1.165, 1.54) is 11.0 Å². The smallest absolute Gasteiger partial charge is 0.416 e. The van der Waals surface area contributed by atoms with E-state index < -0.39 is 41.0 Å². The second-order valence-corrected chi connectivity index (χ2v) is 9.84. The van der Waals surface area contributed by atoms with Crippen LogP contribution >= 0.6 is 0 Å². The zero-order chi connectivity index (χ0) is 29.2. The summed E-state index contributed by atoms with van der Waals surface area (Å²) in [6.45, 7) is 3.03. The minimum absolute atomic E-state index is 0.00175. The van der Waals surface area contributed by atoms with E-state index in [4.69, 9.17) is 5.11 Å². The first kappa shape index (κ1) is 29.4. The molecule has 2 heterocycles. The van der Waals surface area contributed by atoms with E-state index in [0.717, 1.165) is 5.56 Å². The molecule has 2 aromatic carbocycles. The molecule has 0 aliphatic carbocycles. The third kappa shape index (κ3) is 6.94. The third-order valence-corrected chi connectivity index (χ3v) is 6.83. The number of phenols is 1. The molecule has 3 aromatic rings. The van der Waals surface area contributed by atoms with Gasteiger partial charge in [-0.1, -0.05) is 12.1 Å². The van der Waals surface area contributed by atoms with Crippen LogP contribution in [-0.4, -0.2) is 68.0 Å². The number of hydrogen-bond donors (Lipinski definition) is 2. The number of nitrogens with zero attached hydrogens (tertiary/aromatic N) is 4. The van der Waals surface area contributed by atoms with E-state index >= 15 is 0 Å². The van der Waals surface area contributed by atoms with Crippen molar-refractivity contribution in [3.05, 3.63) is 82.2 Å². The summed E-state index contributed by atoms with van der Waals surface area (Å²) >= 11 is 0. The van der Waals surface area contributed by atoms with Gasteiger partial charge in [0.2, 0.25) is 0 Å². The maximum absolute atomic E-state index is 13.5. The lowest BCUT2D eigenvalue weighted by atomic mass is 9.98. The molecular formula is C27H28F6N4O3. The molecule has 40 heavy (non-hydrogen) atoms. The molecular weight excluding hydrogens is 542 g/mol. The summed E-state index contributed by atoms with van der Waals surface area (Å²) in [4.78, 5) is 16.8. The molecule has 0 bridgehead atoms. The molecule has 1 amide bonds. The Balaban J connectivity index is 1.64. The lowest BCUT2D eigenvalue weighted by Crippen LogP contribution is -2.55. The molecule has 0 saturated carbocycles. The van der Waals surface area contributed by atoms with Gasteiger partial charge in [-0.25, -0.2) is 0 Å². The average molecular weight is 571 g/mol. The summed E-state index contributed by atoms with van der Waals surface area (Å²) in [5, 5.41) is 23.4. The molecule has 216 valence electrons. The number of hydrogen-bond acceptors (Lipinski definition) is 5. The molecule has 0 unspecified atom stereocenters. The number of aliphatic hydroxyl groups excluding tert-OH is 1. The molecule has 1 aromatic heterocycles. The van der Waals surface area contributed by atoms with Gasteiger partial charge in [-0.2, -0.15) is 31.4 Å². The van der Waals surface area contributed by atoms with Gasteiger partial charge in [-0.15, -0.1) is 0 Å². The van der Waals surface area contributed by atoms with Gasteiger partial charge < -0.3 is 15.1 Å². The van der Waals surface area contributed by atoms with E-state index in [2.05, 4.69) is 5.10 Å². The van der Waals surface area contributed by atoms with Crippen LogP contribution in [0.25, 0.3) is 0 Å². The highest BCUT2D eigenvalue weighted by molar-refractivity contribution is 5.95. The van der Waals surface area contributed by atoms with Crippen molar-refractivity contribution in [2.24, 2.45) is 0 Å². The number of aryl methyl sites for hydroxylation is 1. The van der Waals surface area contributed by atoms with Crippen molar-refractivity contribution >= 4 is 5.91 Å². The van der Waals surface area contributed by atoms with E-state index in [-0.39, 0.29) is 37.9 Å². The lowest BCUT2D eigenvalue weighted by Gasteiger charge is -2.41. The highest BCUT2D eigenvalue weighted by Crippen LogP contribution is 2.37. The maximum atomic E-state index is 13.5. The van der Waals surface area contributed by atoms with E-state index in [9.17, 15) is 36.2 Å². The summed E-state index contributed by atoms with van der Waals surface area (Å²) in [7, 11) is 0. The van der Waals surface area contributed by atoms with Gasteiger partial charge in [0.1, 0.15) is 5.75 Å². The quantitative estimate of drug-likeness (QED) is 0.409. The first-order valence-corrected chi connectivity index (χ1v) is 12.5. The summed E-state index contributed by atoms with van der Waals surface area (Å²) in [5.41, 5.74) is -1.67. The van der Waals surface area contributed by atoms with Crippen molar-refractivity contribution in [1.29, 1.82) is 0 Å². The zero-order valence-corrected chi connectivity index (χ0v) is 21.5. The van der Waals surface area contributed by atoms with Gasteiger partial charge in [0, 0.05) is 49.5 Å². The summed E-state index contributed by atoms with van der Waals surface area (Å²) in [6.07, 6.45) is -6.53. The predicted octanol–water partition coefficient (Wildman–Crippen LogP) is 4.50. The number of aromatic hydroxyl groups is 1. The number of rotatable bonds is 7. The highest BCUT2D eigenvalue weighted by atomic mass is 19.4. The molecule has 1 fully saturated rings. The normalized spacial score (nSPS) is 16.9. The topological polar surface area (TPSA) is 81.8 Å². The maximum Gasteiger partial charge on any atom is 0.416 e. The van der Waals surface area contributed by atoms with Crippen LogP contribution < -0.4 is 0 Å². The second kappa shape index (κ2) is 11.5. The molecule has 1 atom stereocenters. The van der Waals surface area contributed by atoms with Crippen LogP contribution in [0.5, 0.6) is 5.75 Å². The summed E-state index contributed by atoms with van der Waals surface area (Å²) < 4.78 is 82.2. The number of aromatic nitrogens is 2. The van der Waals surface area contributed by atoms with Crippen molar-refractivity contribution < 1.29 is 41.4 Å². The van der Waals surface area contributed by atoms with Gasteiger partial charge in [0.05, 0.1) is 30.5 Å². The first-order valence-electron chi connectivity index (χ1n) is 12.5. The molecule has 0 radical (unpaired) electrons. The lowest BCUT2D eigenvalue weighted by molar-refractivity contribution is -0.143. The number of phenolic OH excluding ortho intramolecular Hbond substituents is 1. The van der Waals surface area contributed by atoms with Crippen LogP contribution in [0.15, 0.2) is 48.8 Å². The SMILES string of the molecule is Cc1ccc(C[C@@H]2CN(Cc3cnn(CCO)c3)CCN2C(=O)c2cc(C(F)(F)F)cc(C(F)(F)F)c2)cc1O. The van der Waals surface area contributed by atoms with Gasteiger partial charge in [0.25, 0.3) is 5.91 Å². The van der Waals surface area contributed by atoms with Crippen LogP contribution in [0.3, 0.4) is 0 Å². The van der Waals surface area contributed by atoms with E-state index in [1.54, 1.807) is 36.1 Å². The van der Waals surface area contributed by atoms with Crippen LogP contribution in [0.4, 0.5) is 26.3 Å². The number of piperazine rings is 1. The molecule has 2 N–H and O–H groups in total. The third-order valence-electron chi connectivity index (χ3n) is 6.83. The Hall–Kier alpha value is -3.58. The van der Waals surface area contributed by atoms with Crippen molar-refractivity contribution in [2.75, 3.05) is 26.2 Å². The van der Waals surface area contributed by atoms with Gasteiger partial charge in [-0.3, -0.25) is 14.4 Å². The standard InChI is InChI=1S/C27H28F6N4O3/c1-17-2-3-18(9-24(17)39)8-23-16-35(14-19-13-34-36(15-19)6-7-38)4-5-37(23)25(40)20-10-21(26(28,29)30)12-22(11-20)27(31,32)33/h2-3,9-13,15,23,38-39H,4-8,14,16H2,1H3/t23-/m1/s1. The number of halogens is 6. The van der Waals surface area contributed by atoms with Crippen molar-refractivity contribution in [3.63, 3.8) is 0 Å². The largest absolute Gasteiger partial charge is 0.508 e. The Morgan fingerprint density at radius 2 is 1.68 bits per heavy atom. The fraction of sp³-hybridized carbons (Fsp3) is 0.407. The van der Waals surface area contributed by atoms with E-state index in [1.807, 2.05) is 4.90 Å². The Morgan fingerprint density at radius 3 is 2.27 bits per heavy atom. The number of amides is 1. The van der Waals surface area contributed by atoms with Crippen LogP contribution in [0, 0.1) is 6.92 Å². The van der Waals surface area contributed by atoms with Gasteiger partial charge in [-0.05, 0) is 48.7 Å². The molecule has 1 saturated heterocycles. The van der Waals surface area contributed by atoms with Gasteiger partial charge >= 0.3 is 12.4 Å². The molecule has 7 nitrogen and oxygen atoms in total. The molecule has 4 rings (SSSR count). The number of carbonyl (C=O) groups is 1. The highest BCUT2D eigenvalue weighted by Gasteiger charge is 2.39. The number of alkyl halides is 6. The molecule has 0 spiro atoms. The Bertz CT molecular complexity index is 1320. The zero-order valence-electron chi connectivity index (χ0n) is 21.5. The average Bonchev–Trinajstić information content (AvgIpc) is 3.31. The Labute approximate surface area is 226 Å². The summed E-state index contributed by atoms with van der Waals surface area (Å²) in [5.74, 6) is -0.902. The molecule has 13 heteroatoms. The van der Waals surface area contributed by atoms with Crippen molar-refractivity contribution in [3.8, 4) is 5.75 Å². The van der Waals surface area contributed by atoms with E-state index in [0.29, 0.717) is 42.9 Å². The minimum atomic E-state index is -5.08. The molecule has 1 aliphatic rings. The van der Waals surface area contributed by atoms with Crippen molar-refractivity contribution in [2.45, 2.75) is 44.8 Å². The van der Waals surface area contributed by atoms with Crippen molar-refractivity contribution in [1.82, 2.24) is 19.6 Å². The number of benzene rings is 2. The van der Waals surface area contributed by atoms with Gasteiger partial charge in [0.15, 0.2) is 0 Å². The van der Waals surface area contributed by atoms with Crippen LogP contribution in [0.1, 0.15) is 38.2 Å². The fourth-order valence-electron chi connectivity index (χ4n) is 4.77. The van der Waals surface area contributed by atoms with Crippen LogP contribution in [0.2, 0.25) is 0 Å². The number of aliphatic hydroxyl groups is 1. The Morgan fingerprint density at radius 1 is 1.00 bits per heavy atom. The van der Waals surface area contributed by atoms with Crippen LogP contribution in [-0.2, 0) is 31.9 Å². The fourth-order valence-corrected chi connectivity index (χ4v) is 4.77. The first-order chi connectivity index (χ1) is 18.7. The number of carbonyl (C=O) groups excluding carboxylic acids is 1.